The fourth-order valence-corrected chi connectivity index (χ4v) is 4.36. The highest BCUT2D eigenvalue weighted by Crippen LogP contribution is 2.43. The van der Waals surface area contributed by atoms with E-state index >= 15 is 0 Å². The monoisotopic (exact) mass is 378 g/mol. The van der Waals surface area contributed by atoms with Crippen LogP contribution >= 0.6 is 11.8 Å². The number of likely N-dealkylation sites (tertiary alicyclic amines) is 1. The lowest BCUT2D eigenvalue weighted by atomic mass is 10.1. The van der Waals surface area contributed by atoms with E-state index in [0.717, 1.165) is 28.7 Å². The SMILES string of the molecule is N#C/C(=C1/Nc2ccccc2S1)c1ccnc(NCCN2CCCCC2)n1. The Labute approximate surface area is 163 Å². The van der Waals surface area contributed by atoms with Crippen LogP contribution < -0.4 is 10.6 Å². The number of nitrogens with zero attached hydrogens (tertiary/aromatic N) is 4. The summed E-state index contributed by atoms with van der Waals surface area (Å²) in [6.07, 6.45) is 5.63. The summed E-state index contributed by atoms with van der Waals surface area (Å²) in [6, 6.07) is 12.1. The predicted octanol–water partition coefficient (Wildman–Crippen LogP) is 3.78. The number of hydrogen-bond donors (Lipinski definition) is 2. The topological polar surface area (TPSA) is 76.9 Å². The number of piperidine rings is 1. The molecule has 1 saturated heterocycles. The summed E-state index contributed by atoms with van der Waals surface area (Å²) in [7, 11) is 0. The van der Waals surface area contributed by atoms with Crippen LogP contribution in [-0.2, 0) is 0 Å². The van der Waals surface area contributed by atoms with Crippen LogP contribution in [0.2, 0.25) is 0 Å². The number of para-hydroxylation sites is 1. The number of nitriles is 1. The Balaban J connectivity index is 1.45. The van der Waals surface area contributed by atoms with Crippen LogP contribution in [0.25, 0.3) is 5.57 Å². The lowest BCUT2D eigenvalue weighted by Crippen LogP contribution is -2.33. The maximum absolute atomic E-state index is 9.71. The number of allylic oxidation sites excluding steroid dienone is 1. The van der Waals surface area contributed by atoms with Gasteiger partial charge in [-0.05, 0) is 44.1 Å². The van der Waals surface area contributed by atoms with E-state index in [2.05, 4.69) is 31.6 Å². The minimum Gasteiger partial charge on any atom is -0.353 e. The second-order valence-electron chi connectivity index (χ2n) is 6.63. The molecule has 7 heteroatoms. The Morgan fingerprint density at radius 2 is 2.07 bits per heavy atom. The Bertz CT molecular complexity index is 855. The van der Waals surface area contributed by atoms with Gasteiger partial charge in [0.2, 0.25) is 5.95 Å². The largest absolute Gasteiger partial charge is 0.353 e. The number of nitrogens with one attached hydrogen (secondary N) is 2. The molecule has 0 spiro atoms. The first-order chi connectivity index (χ1) is 13.3. The third-order valence-corrected chi connectivity index (χ3v) is 5.84. The van der Waals surface area contributed by atoms with Gasteiger partial charge in [0.15, 0.2) is 0 Å². The van der Waals surface area contributed by atoms with Gasteiger partial charge in [-0.25, -0.2) is 9.97 Å². The van der Waals surface area contributed by atoms with Crippen molar-refractivity contribution in [1.82, 2.24) is 14.9 Å². The van der Waals surface area contributed by atoms with E-state index in [1.165, 1.54) is 32.4 Å². The molecule has 0 atom stereocenters. The first-order valence-electron chi connectivity index (χ1n) is 9.31. The van der Waals surface area contributed by atoms with E-state index in [9.17, 15) is 5.26 Å². The van der Waals surface area contributed by atoms with Gasteiger partial charge in [-0.1, -0.05) is 30.3 Å². The highest BCUT2D eigenvalue weighted by molar-refractivity contribution is 8.04. The van der Waals surface area contributed by atoms with Gasteiger partial charge in [0.25, 0.3) is 0 Å². The average Bonchev–Trinajstić information content (AvgIpc) is 3.13. The third-order valence-electron chi connectivity index (χ3n) is 4.76. The Kier molecular flexibility index (Phi) is 5.56. The number of rotatable bonds is 5. The first kappa shape index (κ1) is 17.8. The Hall–Kier alpha value is -2.56. The third kappa shape index (κ3) is 4.24. The summed E-state index contributed by atoms with van der Waals surface area (Å²) < 4.78 is 0. The van der Waals surface area contributed by atoms with E-state index in [-0.39, 0.29) is 0 Å². The summed E-state index contributed by atoms with van der Waals surface area (Å²) >= 11 is 1.56. The van der Waals surface area contributed by atoms with Crippen LogP contribution in [-0.4, -0.2) is 41.0 Å². The van der Waals surface area contributed by atoms with Gasteiger partial charge in [-0.2, -0.15) is 5.26 Å². The second-order valence-corrected chi connectivity index (χ2v) is 7.69. The van der Waals surface area contributed by atoms with Crippen LogP contribution in [0.1, 0.15) is 25.0 Å². The van der Waals surface area contributed by atoms with Crippen molar-refractivity contribution in [3.63, 3.8) is 0 Å². The molecule has 1 aromatic carbocycles. The van der Waals surface area contributed by atoms with Gasteiger partial charge < -0.3 is 15.5 Å². The fourth-order valence-electron chi connectivity index (χ4n) is 3.35. The standard InChI is InChI=1S/C20H22N6S/c21-14-15(19-24-17-6-2-3-7-18(17)27-19)16-8-9-22-20(25-16)23-10-13-26-11-4-1-5-12-26/h2-3,6-9,24H,1,4-5,10-13H2,(H,22,23,25)/b19-15+. The molecule has 2 aliphatic rings. The van der Waals surface area contributed by atoms with Gasteiger partial charge in [-0.15, -0.1) is 0 Å². The zero-order valence-electron chi connectivity index (χ0n) is 15.1. The molecule has 2 N–H and O–H groups in total. The van der Waals surface area contributed by atoms with Gasteiger partial charge in [-0.3, -0.25) is 0 Å². The van der Waals surface area contributed by atoms with Crippen LogP contribution in [0.4, 0.5) is 11.6 Å². The van der Waals surface area contributed by atoms with Crippen molar-refractivity contribution >= 4 is 29.0 Å². The van der Waals surface area contributed by atoms with E-state index in [0.29, 0.717) is 17.2 Å². The van der Waals surface area contributed by atoms with Crippen molar-refractivity contribution < 1.29 is 0 Å². The summed E-state index contributed by atoms with van der Waals surface area (Å²) in [5, 5.41) is 17.1. The maximum Gasteiger partial charge on any atom is 0.223 e. The number of hydrogen-bond acceptors (Lipinski definition) is 7. The van der Waals surface area contributed by atoms with E-state index in [1.807, 2.05) is 24.3 Å². The van der Waals surface area contributed by atoms with E-state index < -0.39 is 0 Å². The zero-order valence-corrected chi connectivity index (χ0v) is 15.9. The molecule has 2 aromatic rings. The van der Waals surface area contributed by atoms with Gasteiger partial charge in [0.1, 0.15) is 11.6 Å². The van der Waals surface area contributed by atoms with Crippen LogP contribution in [0.5, 0.6) is 0 Å². The second kappa shape index (κ2) is 8.42. The number of aromatic nitrogens is 2. The number of thioether (sulfide) groups is 1. The lowest BCUT2D eigenvalue weighted by Gasteiger charge is -2.26. The van der Waals surface area contributed by atoms with Crippen molar-refractivity contribution in [3.8, 4) is 6.07 Å². The number of anilines is 2. The molecule has 1 fully saturated rings. The van der Waals surface area contributed by atoms with Gasteiger partial charge in [0, 0.05) is 24.2 Å². The van der Waals surface area contributed by atoms with E-state index in [4.69, 9.17) is 0 Å². The summed E-state index contributed by atoms with van der Waals surface area (Å²) in [5.74, 6) is 0.568. The Morgan fingerprint density at radius 1 is 1.22 bits per heavy atom. The normalized spacial score (nSPS) is 18.3. The molecule has 138 valence electrons. The molecule has 27 heavy (non-hydrogen) atoms. The molecule has 0 radical (unpaired) electrons. The summed E-state index contributed by atoms with van der Waals surface area (Å²) in [5.41, 5.74) is 2.20. The Morgan fingerprint density at radius 3 is 2.89 bits per heavy atom. The zero-order chi connectivity index (χ0) is 18.5. The molecule has 0 aliphatic carbocycles. The highest BCUT2D eigenvalue weighted by atomic mass is 32.2. The minimum absolute atomic E-state index is 0.540. The molecule has 0 unspecified atom stereocenters. The molecule has 2 aliphatic heterocycles. The van der Waals surface area contributed by atoms with Crippen molar-refractivity contribution in [3.05, 3.63) is 47.3 Å². The summed E-state index contributed by atoms with van der Waals surface area (Å²) in [6.45, 7) is 4.15. The van der Waals surface area contributed by atoms with Crippen LogP contribution in [0, 0.1) is 11.3 Å². The van der Waals surface area contributed by atoms with Crippen molar-refractivity contribution in [2.75, 3.05) is 36.8 Å². The number of fused-ring (bicyclic) bond motifs is 1. The lowest BCUT2D eigenvalue weighted by molar-refractivity contribution is 0.237. The smallest absolute Gasteiger partial charge is 0.223 e. The molecule has 3 heterocycles. The summed E-state index contributed by atoms with van der Waals surface area (Å²) in [4.78, 5) is 12.5. The minimum atomic E-state index is 0.540. The molecule has 6 nitrogen and oxygen atoms in total. The van der Waals surface area contributed by atoms with Crippen LogP contribution in [0.3, 0.4) is 0 Å². The molecule has 4 rings (SSSR count). The fraction of sp³-hybridized carbons (Fsp3) is 0.350. The molecule has 0 saturated carbocycles. The molecular weight excluding hydrogens is 356 g/mol. The van der Waals surface area contributed by atoms with Crippen molar-refractivity contribution in [1.29, 1.82) is 5.26 Å². The van der Waals surface area contributed by atoms with Gasteiger partial charge >= 0.3 is 0 Å². The molecule has 1 aromatic heterocycles. The average molecular weight is 379 g/mol. The van der Waals surface area contributed by atoms with Crippen LogP contribution in [0.15, 0.2) is 46.5 Å². The maximum atomic E-state index is 9.71. The quantitative estimate of drug-likeness (QED) is 0.767. The van der Waals surface area contributed by atoms with Crippen molar-refractivity contribution in [2.45, 2.75) is 24.2 Å². The first-order valence-corrected chi connectivity index (χ1v) is 10.1. The number of benzene rings is 1. The highest BCUT2D eigenvalue weighted by Gasteiger charge is 2.21. The molecule has 0 bridgehead atoms. The van der Waals surface area contributed by atoms with E-state index in [1.54, 1.807) is 24.0 Å². The molecular formula is C20H22N6S. The van der Waals surface area contributed by atoms with Gasteiger partial charge in [0.05, 0.1) is 16.4 Å². The predicted molar refractivity (Wildman–Crippen MR) is 109 cm³/mol. The van der Waals surface area contributed by atoms with Crippen molar-refractivity contribution in [2.24, 2.45) is 0 Å². The molecule has 0 amide bonds.